The number of nitrogens with two attached hydrogens (primary N) is 1. The lowest BCUT2D eigenvalue weighted by Gasteiger charge is -2.41. The van der Waals surface area contributed by atoms with Gasteiger partial charge in [-0.3, -0.25) is 4.79 Å². The van der Waals surface area contributed by atoms with Crippen molar-refractivity contribution in [2.45, 2.75) is 38.1 Å². The SMILES string of the molecule is CCC1(NC(=O)c2ccc(N)nn2)CCC1. The molecule has 1 amide bonds. The zero-order valence-corrected chi connectivity index (χ0v) is 9.36. The highest BCUT2D eigenvalue weighted by molar-refractivity contribution is 5.92. The molecule has 0 atom stereocenters. The normalized spacial score (nSPS) is 17.6. The summed E-state index contributed by atoms with van der Waals surface area (Å²) in [6, 6.07) is 3.18. The van der Waals surface area contributed by atoms with Gasteiger partial charge in [0, 0.05) is 5.54 Å². The Balaban J connectivity index is 2.05. The minimum absolute atomic E-state index is 0.0137. The first-order valence-electron chi connectivity index (χ1n) is 5.57. The number of hydrogen-bond donors (Lipinski definition) is 2. The van der Waals surface area contributed by atoms with Gasteiger partial charge in [0.1, 0.15) is 5.82 Å². The Morgan fingerprint density at radius 2 is 2.25 bits per heavy atom. The molecular weight excluding hydrogens is 204 g/mol. The van der Waals surface area contributed by atoms with Crippen LogP contribution in [0.5, 0.6) is 0 Å². The summed E-state index contributed by atoms with van der Waals surface area (Å²) in [7, 11) is 0. The largest absolute Gasteiger partial charge is 0.382 e. The Morgan fingerprint density at radius 3 is 2.69 bits per heavy atom. The molecule has 1 aliphatic rings. The maximum absolute atomic E-state index is 11.9. The van der Waals surface area contributed by atoms with E-state index in [1.165, 1.54) is 6.42 Å². The molecule has 1 aliphatic carbocycles. The fraction of sp³-hybridized carbons (Fsp3) is 0.545. The van der Waals surface area contributed by atoms with Crippen LogP contribution in [0.3, 0.4) is 0 Å². The molecule has 0 radical (unpaired) electrons. The molecule has 0 aliphatic heterocycles. The van der Waals surface area contributed by atoms with Gasteiger partial charge in [-0.2, -0.15) is 0 Å². The van der Waals surface area contributed by atoms with Crippen molar-refractivity contribution in [2.24, 2.45) is 0 Å². The first-order chi connectivity index (χ1) is 7.65. The highest BCUT2D eigenvalue weighted by atomic mass is 16.2. The van der Waals surface area contributed by atoms with Crippen LogP contribution in [-0.2, 0) is 0 Å². The van der Waals surface area contributed by atoms with Crippen molar-refractivity contribution in [1.29, 1.82) is 0 Å². The summed E-state index contributed by atoms with van der Waals surface area (Å²) >= 11 is 0. The van der Waals surface area contributed by atoms with E-state index in [-0.39, 0.29) is 11.4 Å². The van der Waals surface area contributed by atoms with Gasteiger partial charge in [-0.25, -0.2) is 0 Å². The molecule has 0 saturated heterocycles. The highest BCUT2D eigenvalue weighted by Gasteiger charge is 2.36. The van der Waals surface area contributed by atoms with Crippen LogP contribution in [0.15, 0.2) is 12.1 Å². The van der Waals surface area contributed by atoms with Crippen LogP contribution in [0.4, 0.5) is 5.82 Å². The Morgan fingerprint density at radius 1 is 1.50 bits per heavy atom. The molecule has 2 rings (SSSR count). The Kier molecular flexibility index (Phi) is 2.77. The number of carbonyl (C=O) groups excluding carboxylic acids is 1. The summed E-state index contributed by atoms with van der Waals surface area (Å²) in [5.74, 6) is 0.166. The van der Waals surface area contributed by atoms with E-state index in [2.05, 4.69) is 22.4 Å². The monoisotopic (exact) mass is 220 g/mol. The molecule has 5 heteroatoms. The Labute approximate surface area is 94.4 Å². The van der Waals surface area contributed by atoms with Crippen molar-refractivity contribution >= 4 is 11.7 Å². The lowest BCUT2D eigenvalue weighted by molar-refractivity contribution is 0.0814. The third kappa shape index (κ3) is 1.98. The van der Waals surface area contributed by atoms with E-state index in [1.807, 2.05) is 0 Å². The van der Waals surface area contributed by atoms with Crippen molar-refractivity contribution < 1.29 is 4.79 Å². The van der Waals surface area contributed by atoms with E-state index in [1.54, 1.807) is 12.1 Å². The van der Waals surface area contributed by atoms with Gasteiger partial charge >= 0.3 is 0 Å². The predicted octanol–water partition coefficient (Wildman–Crippen LogP) is 1.12. The van der Waals surface area contributed by atoms with E-state index >= 15 is 0 Å². The van der Waals surface area contributed by atoms with Crippen molar-refractivity contribution in [3.05, 3.63) is 17.8 Å². The van der Waals surface area contributed by atoms with E-state index in [9.17, 15) is 4.79 Å². The van der Waals surface area contributed by atoms with Gasteiger partial charge in [-0.1, -0.05) is 6.92 Å². The van der Waals surface area contributed by atoms with Crippen LogP contribution < -0.4 is 11.1 Å². The first kappa shape index (κ1) is 10.9. The van der Waals surface area contributed by atoms with Gasteiger partial charge < -0.3 is 11.1 Å². The lowest BCUT2D eigenvalue weighted by Crippen LogP contribution is -2.53. The number of amides is 1. The van der Waals surface area contributed by atoms with Crippen LogP contribution in [0.25, 0.3) is 0 Å². The van der Waals surface area contributed by atoms with Gasteiger partial charge in [0.05, 0.1) is 0 Å². The average Bonchev–Trinajstić information content (AvgIpc) is 2.24. The molecule has 16 heavy (non-hydrogen) atoms. The molecule has 1 heterocycles. The summed E-state index contributed by atoms with van der Waals surface area (Å²) in [6.07, 6.45) is 4.25. The van der Waals surface area contributed by atoms with Crippen molar-refractivity contribution in [3.8, 4) is 0 Å². The fourth-order valence-corrected chi connectivity index (χ4v) is 1.94. The highest BCUT2D eigenvalue weighted by Crippen LogP contribution is 2.34. The molecule has 0 spiro atoms. The van der Waals surface area contributed by atoms with Crippen LogP contribution in [-0.4, -0.2) is 21.6 Å². The standard InChI is InChI=1S/C11H16N4O/c1-2-11(6-3-7-11)13-10(16)8-4-5-9(12)15-14-8/h4-5H,2-3,6-7H2,1H3,(H2,12,15)(H,13,16). The Bertz CT molecular complexity index is 378. The van der Waals surface area contributed by atoms with E-state index in [0.29, 0.717) is 11.5 Å². The maximum atomic E-state index is 11.9. The molecule has 5 nitrogen and oxygen atoms in total. The van der Waals surface area contributed by atoms with Crippen LogP contribution in [0.1, 0.15) is 43.1 Å². The molecule has 1 fully saturated rings. The topological polar surface area (TPSA) is 80.9 Å². The molecule has 1 saturated carbocycles. The number of nitrogen functional groups attached to an aromatic ring is 1. The number of hydrogen-bond acceptors (Lipinski definition) is 4. The zero-order valence-electron chi connectivity index (χ0n) is 9.36. The third-order valence-electron chi connectivity index (χ3n) is 3.28. The van der Waals surface area contributed by atoms with Gasteiger partial charge in [0.2, 0.25) is 0 Å². The first-order valence-corrected chi connectivity index (χ1v) is 5.57. The van der Waals surface area contributed by atoms with Crippen LogP contribution >= 0.6 is 0 Å². The smallest absolute Gasteiger partial charge is 0.272 e. The summed E-state index contributed by atoms with van der Waals surface area (Å²) in [5, 5.41) is 10.5. The summed E-state index contributed by atoms with van der Waals surface area (Å²) in [6.45, 7) is 2.09. The van der Waals surface area contributed by atoms with Crippen molar-refractivity contribution in [3.63, 3.8) is 0 Å². The molecular formula is C11H16N4O. The molecule has 3 N–H and O–H groups in total. The zero-order chi connectivity index (χ0) is 11.6. The van der Waals surface area contributed by atoms with E-state index in [0.717, 1.165) is 19.3 Å². The molecule has 0 bridgehead atoms. The lowest BCUT2D eigenvalue weighted by atomic mass is 9.75. The number of nitrogens with one attached hydrogen (secondary N) is 1. The number of rotatable bonds is 3. The maximum Gasteiger partial charge on any atom is 0.272 e. The molecule has 0 unspecified atom stereocenters. The summed E-state index contributed by atoms with van der Waals surface area (Å²) < 4.78 is 0. The minimum Gasteiger partial charge on any atom is -0.382 e. The van der Waals surface area contributed by atoms with Crippen molar-refractivity contribution in [2.75, 3.05) is 5.73 Å². The van der Waals surface area contributed by atoms with E-state index in [4.69, 9.17) is 5.73 Å². The fourth-order valence-electron chi connectivity index (χ4n) is 1.94. The molecule has 1 aromatic rings. The van der Waals surface area contributed by atoms with Gasteiger partial charge in [-0.05, 0) is 37.8 Å². The second kappa shape index (κ2) is 4.08. The Hall–Kier alpha value is -1.65. The van der Waals surface area contributed by atoms with Crippen LogP contribution in [0, 0.1) is 0 Å². The minimum atomic E-state index is -0.158. The molecule has 1 aromatic heterocycles. The number of aromatic nitrogens is 2. The second-order valence-electron chi connectivity index (χ2n) is 4.29. The second-order valence-corrected chi connectivity index (χ2v) is 4.29. The number of carbonyl (C=O) groups is 1. The summed E-state index contributed by atoms with van der Waals surface area (Å²) in [4.78, 5) is 11.9. The summed E-state index contributed by atoms with van der Waals surface area (Å²) in [5.41, 5.74) is 5.73. The van der Waals surface area contributed by atoms with E-state index < -0.39 is 0 Å². The number of anilines is 1. The van der Waals surface area contributed by atoms with Gasteiger partial charge in [0.25, 0.3) is 5.91 Å². The van der Waals surface area contributed by atoms with Crippen LogP contribution in [0.2, 0.25) is 0 Å². The predicted molar refractivity (Wildman–Crippen MR) is 60.8 cm³/mol. The van der Waals surface area contributed by atoms with Gasteiger partial charge in [-0.15, -0.1) is 10.2 Å². The average molecular weight is 220 g/mol. The third-order valence-corrected chi connectivity index (χ3v) is 3.28. The van der Waals surface area contributed by atoms with Gasteiger partial charge in [0.15, 0.2) is 5.69 Å². The molecule has 86 valence electrons. The van der Waals surface area contributed by atoms with Crippen molar-refractivity contribution in [1.82, 2.24) is 15.5 Å². The number of nitrogens with zero attached hydrogens (tertiary/aromatic N) is 2. The quantitative estimate of drug-likeness (QED) is 0.799. The molecule has 0 aromatic carbocycles.